The Bertz CT molecular complexity index is 346. The predicted molar refractivity (Wildman–Crippen MR) is 71.0 cm³/mol. The van der Waals surface area contributed by atoms with Crippen LogP contribution in [0.15, 0.2) is 23.1 Å². The zero-order chi connectivity index (χ0) is 12.7. The number of thioether (sulfide) groups is 1. The third kappa shape index (κ3) is 5.06. The van der Waals surface area contributed by atoms with Crippen LogP contribution in [0.25, 0.3) is 0 Å². The van der Waals surface area contributed by atoms with Crippen LogP contribution in [0.3, 0.4) is 0 Å². The minimum absolute atomic E-state index is 0.0959. The zero-order valence-corrected chi connectivity index (χ0v) is 11.2. The van der Waals surface area contributed by atoms with E-state index in [0.29, 0.717) is 6.61 Å². The third-order valence-electron chi connectivity index (χ3n) is 2.57. The number of halogens is 1. The van der Waals surface area contributed by atoms with Crippen LogP contribution in [0.1, 0.15) is 18.9 Å². The SMILES string of the molecule is CCC(N)Cc1cc(F)ccc1SCCOC. The van der Waals surface area contributed by atoms with Crippen LogP contribution >= 0.6 is 11.8 Å². The van der Waals surface area contributed by atoms with Gasteiger partial charge in [0.1, 0.15) is 5.82 Å². The Labute approximate surface area is 107 Å². The number of rotatable bonds is 7. The summed E-state index contributed by atoms with van der Waals surface area (Å²) in [5.41, 5.74) is 6.92. The quantitative estimate of drug-likeness (QED) is 0.602. The van der Waals surface area contributed by atoms with Gasteiger partial charge in [-0.05, 0) is 36.6 Å². The highest BCUT2D eigenvalue weighted by molar-refractivity contribution is 7.99. The number of benzene rings is 1. The Morgan fingerprint density at radius 2 is 2.24 bits per heavy atom. The Kier molecular flexibility index (Phi) is 6.55. The van der Waals surface area contributed by atoms with E-state index in [0.717, 1.165) is 29.1 Å². The average molecular weight is 257 g/mol. The van der Waals surface area contributed by atoms with Crippen molar-refractivity contribution in [3.8, 4) is 0 Å². The van der Waals surface area contributed by atoms with E-state index >= 15 is 0 Å². The molecule has 0 heterocycles. The van der Waals surface area contributed by atoms with E-state index in [-0.39, 0.29) is 11.9 Å². The number of nitrogens with two attached hydrogens (primary N) is 1. The smallest absolute Gasteiger partial charge is 0.123 e. The highest BCUT2D eigenvalue weighted by Gasteiger charge is 2.08. The molecule has 1 unspecified atom stereocenters. The molecule has 0 amide bonds. The topological polar surface area (TPSA) is 35.2 Å². The second kappa shape index (κ2) is 7.69. The second-order valence-electron chi connectivity index (χ2n) is 3.97. The Morgan fingerprint density at radius 3 is 2.88 bits per heavy atom. The summed E-state index contributed by atoms with van der Waals surface area (Å²) in [7, 11) is 1.68. The Hall–Kier alpha value is -0.580. The van der Waals surface area contributed by atoms with Crippen LogP contribution in [0.5, 0.6) is 0 Å². The van der Waals surface area contributed by atoms with Crippen LogP contribution in [0.2, 0.25) is 0 Å². The lowest BCUT2D eigenvalue weighted by Crippen LogP contribution is -2.21. The third-order valence-corrected chi connectivity index (χ3v) is 3.65. The molecule has 4 heteroatoms. The molecule has 96 valence electrons. The van der Waals surface area contributed by atoms with E-state index in [9.17, 15) is 4.39 Å². The second-order valence-corrected chi connectivity index (χ2v) is 5.10. The van der Waals surface area contributed by atoms with Crippen molar-refractivity contribution in [2.24, 2.45) is 5.73 Å². The van der Waals surface area contributed by atoms with Crippen LogP contribution in [0, 0.1) is 5.82 Å². The van der Waals surface area contributed by atoms with Crippen molar-refractivity contribution in [3.63, 3.8) is 0 Å². The monoisotopic (exact) mass is 257 g/mol. The van der Waals surface area contributed by atoms with Gasteiger partial charge in [-0.1, -0.05) is 6.92 Å². The lowest BCUT2D eigenvalue weighted by atomic mass is 10.0. The first kappa shape index (κ1) is 14.5. The van der Waals surface area contributed by atoms with Gasteiger partial charge in [-0.2, -0.15) is 0 Å². The van der Waals surface area contributed by atoms with Crippen molar-refractivity contribution in [1.82, 2.24) is 0 Å². The number of methoxy groups -OCH3 is 1. The maximum atomic E-state index is 13.2. The molecule has 1 atom stereocenters. The summed E-state index contributed by atoms with van der Waals surface area (Å²) in [4.78, 5) is 1.10. The Morgan fingerprint density at radius 1 is 1.47 bits per heavy atom. The molecule has 0 fully saturated rings. The molecule has 0 aliphatic rings. The minimum Gasteiger partial charge on any atom is -0.384 e. The standard InChI is InChI=1S/C13H20FNOS/c1-3-12(15)9-10-8-11(14)4-5-13(10)17-7-6-16-2/h4-5,8,12H,3,6-7,9,15H2,1-2H3. The van der Waals surface area contributed by atoms with Crippen molar-refractivity contribution in [3.05, 3.63) is 29.6 Å². The first-order valence-corrected chi connectivity index (χ1v) is 6.81. The first-order valence-electron chi connectivity index (χ1n) is 5.83. The highest BCUT2D eigenvalue weighted by Crippen LogP contribution is 2.24. The molecule has 2 N–H and O–H groups in total. The van der Waals surface area contributed by atoms with E-state index in [4.69, 9.17) is 10.5 Å². The lowest BCUT2D eigenvalue weighted by molar-refractivity contribution is 0.218. The minimum atomic E-state index is -0.195. The molecule has 0 aliphatic carbocycles. The van der Waals surface area contributed by atoms with E-state index in [1.165, 1.54) is 6.07 Å². The first-order chi connectivity index (χ1) is 8.17. The molecule has 1 aromatic rings. The number of hydrogen-bond acceptors (Lipinski definition) is 3. The average Bonchev–Trinajstić information content (AvgIpc) is 2.32. The van der Waals surface area contributed by atoms with Gasteiger partial charge in [0.05, 0.1) is 6.61 Å². The van der Waals surface area contributed by atoms with Crippen molar-refractivity contribution >= 4 is 11.8 Å². The van der Waals surface area contributed by atoms with Crippen LogP contribution in [-0.4, -0.2) is 25.5 Å². The zero-order valence-electron chi connectivity index (χ0n) is 10.4. The van der Waals surface area contributed by atoms with Crippen molar-refractivity contribution < 1.29 is 9.13 Å². The molecule has 0 saturated carbocycles. The summed E-state index contributed by atoms with van der Waals surface area (Å²) < 4.78 is 18.2. The predicted octanol–water partition coefficient (Wildman–Crippen LogP) is 2.84. The summed E-state index contributed by atoms with van der Waals surface area (Å²) in [6, 6.07) is 5.01. The van der Waals surface area contributed by atoms with Gasteiger partial charge < -0.3 is 10.5 Å². The summed E-state index contributed by atoms with van der Waals surface area (Å²) in [5, 5.41) is 0. The van der Waals surface area contributed by atoms with Gasteiger partial charge in [-0.15, -0.1) is 11.8 Å². The molecule has 0 aromatic heterocycles. The Balaban J connectivity index is 2.72. The van der Waals surface area contributed by atoms with Gasteiger partial charge in [0.25, 0.3) is 0 Å². The van der Waals surface area contributed by atoms with Gasteiger partial charge >= 0.3 is 0 Å². The molecule has 0 bridgehead atoms. The van der Waals surface area contributed by atoms with Gasteiger partial charge in [0.15, 0.2) is 0 Å². The van der Waals surface area contributed by atoms with E-state index in [1.807, 2.05) is 13.0 Å². The summed E-state index contributed by atoms with van der Waals surface area (Å²) in [5.74, 6) is 0.677. The summed E-state index contributed by atoms with van der Waals surface area (Å²) in [6.07, 6.45) is 1.63. The molecule has 0 saturated heterocycles. The fraction of sp³-hybridized carbons (Fsp3) is 0.538. The molecular weight excluding hydrogens is 237 g/mol. The van der Waals surface area contributed by atoms with Gasteiger partial charge in [0.2, 0.25) is 0 Å². The highest BCUT2D eigenvalue weighted by atomic mass is 32.2. The summed E-state index contributed by atoms with van der Waals surface area (Å²) in [6.45, 7) is 2.74. The molecular formula is C13H20FNOS. The normalized spacial score (nSPS) is 12.7. The summed E-state index contributed by atoms with van der Waals surface area (Å²) >= 11 is 1.69. The van der Waals surface area contributed by atoms with Crippen LogP contribution < -0.4 is 5.73 Å². The van der Waals surface area contributed by atoms with Crippen LogP contribution in [0.4, 0.5) is 4.39 Å². The molecule has 17 heavy (non-hydrogen) atoms. The molecule has 1 rings (SSSR count). The van der Waals surface area contributed by atoms with Crippen molar-refractivity contribution in [2.75, 3.05) is 19.5 Å². The largest absolute Gasteiger partial charge is 0.384 e. The van der Waals surface area contributed by atoms with Crippen molar-refractivity contribution in [2.45, 2.75) is 30.7 Å². The van der Waals surface area contributed by atoms with E-state index in [2.05, 4.69) is 0 Å². The van der Waals surface area contributed by atoms with Gasteiger partial charge in [-0.25, -0.2) is 4.39 Å². The molecule has 0 aliphatic heterocycles. The van der Waals surface area contributed by atoms with Gasteiger partial charge in [0, 0.05) is 23.8 Å². The maximum Gasteiger partial charge on any atom is 0.123 e. The fourth-order valence-electron chi connectivity index (χ4n) is 1.51. The van der Waals surface area contributed by atoms with Gasteiger partial charge in [-0.3, -0.25) is 0 Å². The molecule has 1 aromatic carbocycles. The van der Waals surface area contributed by atoms with Crippen molar-refractivity contribution in [1.29, 1.82) is 0 Å². The number of hydrogen-bond donors (Lipinski definition) is 1. The van der Waals surface area contributed by atoms with E-state index in [1.54, 1.807) is 24.9 Å². The van der Waals surface area contributed by atoms with E-state index < -0.39 is 0 Å². The maximum absolute atomic E-state index is 13.2. The molecule has 2 nitrogen and oxygen atoms in total. The molecule has 0 spiro atoms. The lowest BCUT2D eigenvalue weighted by Gasteiger charge is -2.13. The fourth-order valence-corrected chi connectivity index (χ4v) is 2.47. The molecule has 0 radical (unpaired) electrons. The number of ether oxygens (including phenoxy) is 1. The van der Waals surface area contributed by atoms with Crippen LogP contribution in [-0.2, 0) is 11.2 Å².